The SMILES string of the molecule is Cc1ccc(NC2=C(c3ccc(Cl)cc3)C(=O)N(c3ccc(F)c(F)c3)C2=O)cc1Cl. The molecule has 31 heavy (non-hydrogen) atoms. The van der Waals surface area contributed by atoms with E-state index >= 15 is 0 Å². The number of nitrogens with one attached hydrogen (secondary N) is 1. The molecule has 0 aromatic heterocycles. The van der Waals surface area contributed by atoms with E-state index in [1.165, 1.54) is 6.07 Å². The van der Waals surface area contributed by atoms with Crippen molar-refractivity contribution in [3.05, 3.63) is 99.2 Å². The highest BCUT2D eigenvalue weighted by atomic mass is 35.5. The first-order valence-electron chi connectivity index (χ1n) is 9.13. The van der Waals surface area contributed by atoms with Gasteiger partial charge in [0.2, 0.25) is 0 Å². The number of amides is 2. The molecule has 0 fully saturated rings. The summed E-state index contributed by atoms with van der Waals surface area (Å²) in [6.07, 6.45) is 0. The van der Waals surface area contributed by atoms with Gasteiger partial charge in [0.05, 0.1) is 11.3 Å². The highest BCUT2D eigenvalue weighted by Gasteiger charge is 2.40. The van der Waals surface area contributed by atoms with Crippen molar-refractivity contribution in [2.75, 3.05) is 10.2 Å². The summed E-state index contributed by atoms with van der Waals surface area (Å²) < 4.78 is 27.2. The molecule has 0 saturated carbocycles. The third-order valence-corrected chi connectivity index (χ3v) is 5.48. The van der Waals surface area contributed by atoms with Crippen LogP contribution < -0.4 is 10.2 Å². The highest BCUT2D eigenvalue weighted by Crippen LogP contribution is 2.35. The number of benzene rings is 3. The minimum atomic E-state index is -1.17. The lowest BCUT2D eigenvalue weighted by atomic mass is 10.0. The van der Waals surface area contributed by atoms with E-state index in [0.29, 0.717) is 21.3 Å². The summed E-state index contributed by atoms with van der Waals surface area (Å²) in [6.45, 7) is 1.83. The van der Waals surface area contributed by atoms with E-state index < -0.39 is 23.4 Å². The zero-order chi connectivity index (χ0) is 22.3. The number of carbonyl (C=O) groups excluding carboxylic acids is 2. The quantitative estimate of drug-likeness (QED) is 0.489. The highest BCUT2D eigenvalue weighted by molar-refractivity contribution is 6.46. The fraction of sp³-hybridized carbons (Fsp3) is 0.0435. The third-order valence-electron chi connectivity index (χ3n) is 4.82. The average molecular weight is 459 g/mol. The van der Waals surface area contributed by atoms with Gasteiger partial charge in [-0.1, -0.05) is 41.4 Å². The van der Waals surface area contributed by atoms with Crippen molar-refractivity contribution in [1.82, 2.24) is 0 Å². The Labute approximate surface area is 186 Å². The van der Waals surface area contributed by atoms with Gasteiger partial charge >= 0.3 is 0 Å². The predicted molar refractivity (Wildman–Crippen MR) is 117 cm³/mol. The Bertz CT molecular complexity index is 1260. The number of hydrogen-bond donors (Lipinski definition) is 1. The van der Waals surface area contributed by atoms with Crippen LogP contribution in [0, 0.1) is 18.6 Å². The maximum absolute atomic E-state index is 13.8. The van der Waals surface area contributed by atoms with Crippen LogP contribution >= 0.6 is 23.2 Å². The van der Waals surface area contributed by atoms with Crippen LogP contribution in [0.15, 0.2) is 66.4 Å². The lowest BCUT2D eigenvalue weighted by Gasteiger charge is -2.15. The number of imide groups is 1. The lowest BCUT2D eigenvalue weighted by Crippen LogP contribution is -2.32. The largest absolute Gasteiger partial charge is 0.350 e. The van der Waals surface area contributed by atoms with Gasteiger partial charge < -0.3 is 5.32 Å². The summed E-state index contributed by atoms with van der Waals surface area (Å²) >= 11 is 12.1. The molecule has 2 amide bonds. The van der Waals surface area contributed by atoms with Crippen molar-refractivity contribution >= 4 is 52.0 Å². The minimum absolute atomic E-state index is 0.0167. The molecule has 0 saturated heterocycles. The summed E-state index contributed by atoms with van der Waals surface area (Å²) in [5.74, 6) is -3.64. The molecule has 3 aromatic rings. The molecule has 3 aromatic carbocycles. The summed E-state index contributed by atoms with van der Waals surface area (Å²) in [6, 6.07) is 14.3. The third kappa shape index (κ3) is 3.92. The maximum Gasteiger partial charge on any atom is 0.282 e. The number of carbonyl (C=O) groups is 2. The Balaban J connectivity index is 1.83. The Hall–Kier alpha value is -3.22. The Morgan fingerprint density at radius 2 is 1.55 bits per heavy atom. The van der Waals surface area contributed by atoms with Crippen molar-refractivity contribution in [2.24, 2.45) is 0 Å². The monoisotopic (exact) mass is 458 g/mol. The molecule has 1 aliphatic heterocycles. The molecule has 0 radical (unpaired) electrons. The molecular formula is C23H14Cl2F2N2O2. The van der Waals surface area contributed by atoms with Crippen LogP contribution in [-0.4, -0.2) is 11.8 Å². The smallest absolute Gasteiger partial charge is 0.282 e. The second kappa shape index (κ2) is 8.13. The van der Waals surface area contributed by atoms with E-state index in [9.17, 15) is 18.4 Å². The van der Waals surface area contributed by atoms with Gasteiger partial charge in [-0.05, 0) is 54.4 Å². The zero-order valence-electron chi connectivity index (χ0n) is 16.0. The Morgan fingerprint density at radius 1 is 0.839 bits per heavy atom. The van der Waals surface area contributed by atoms with E-state index in [0.717, 1.165) is 22.6 Å². The van der Waals surface area contributed by atoms with Crippen molar-refractivity contribution in [3.8, 4) is 0 Å². The number of anilines is 2. The predicted octanol–water partition coefficient (Wildman–Crippen LogP) is 5.98. The van der Waals surface area contributed by atoms with E-state index in [2.05, 4.69) is 5.32 Å². The number of halogens is 4. The topological polar surface area (TPSA) is 49.4 Å². The average Bonchev–Trinajstić information content (AvgIpc) is 2.97. The normalized spacial score (nSPS) is 13.9. The number of aryl methyl sites for hydroxylation is 1. The molecule has 4 rings (SSSR count). The first-order chi connectivity index (χ1) is 14.8. The van der Waals surface area contributed by atoms with Crippen LogP contribution in [0.4, 0.5) is 20.2 Å². The van der Waals surface area contributed by atoms with Crippen LogP contribution in [0.3, 0.4) is 0 Å². The van der Waals surface area contributed by atoms with E-state index in [-0.39, 0.29) is 17.0 Å². The molecule has 1 heterocycles. The molecule has 8 heteroatoms. The molecule has 0 spiro atoms. The van der Waals surface area contributed by atoms with Gasteiger partial charge in [-0.15, -0.1) is 0 Å². The van der Waals surface area contributed by atoms with Gasteiger partial charge in [-0.25, -0.2) is 13.7 Å². The molecule has 0 aliphatic carbocycles. The van der Waals surface area contributed by atoms with Crippen LogP contribution in [0.1, 0.15) is 11.1 Å². The fourth-order valence-corrected chi connectivity index (χ4v) is 3.51. The fourth-order valence-electron chi connectivity index (χ4n) is 3.20. The second-order valence-corrected chi connectivity index (χ2v) is 7.73. The van der Waals surface area contributed by atoms with Gasteiger partial charge in [0.1, 0.15) is 5.70 Å². The van der Waals surface area contributed by atoms with Crippen LogP contribution in [-0.2, 0) is 9.59 Å². The molecule has 1 N–H and O–H groups in total. The minimum Gasteiger partial charge on any atom is -0.350 e. The standard InChI is InChI=1S/C23H14Cl2F2N2O2/c1-12-2-7-15(10-17(12)25)28-21-20(13-3-5-14(24)6-4-13)22(30)29(23(21)31)16-8-9-18(26)19(27)11-16/h2-11,28H,1H3. The molecule has 1 aliphatic rings. The number of hydrogen-bond acceptors (Lipinski definition) is 3. The molecule has 4 nitrogen and oxygen atoms in total. The van der Waals surface area contributed by atoms with Gasteiger partial charge in [-0.3, -0.25) is 9.59 Å². The molecule has 156 valence electrons. The van der Waals surface area contributed by atoms with Gasteiger partial charge in [0, 0.05) is 21.8 Å². The summed E-state index contributed by atoms with van der Waals surface area (Å²) in [5, 5.41) is 3.90. The van der Waals surface area contributed by atoms with Crippen LogP contribution in [0.2, 0.25) is 10.0 Å². The van der Waals surface area contributed by atoms with Crippen molar-refractivity contribution < 1.29 is 18.4 Å². The zero-order valence-corrected chi connectivity index (χ0v) is 17.6. The maximum atomic E-state index is 13.8. The second-order valence-electron chi connectivity index (χ2n) is 6.89. The van der Waals surface area contributed by atoms with Gasteiger partial charge in [0.25, 0.3) is 11.8 Å². The summed E-state index contributed by atoms with van der Waals surface area (Å²) in [7, 11) is 0. The lowest BCUT2D eigenvalue weighted by molar-refractivity contribution is -0.120. The number of rotatable bonds is 4. The molecule has 0 atom stereocenters. The Kier molecular flexibility index (Phi) is 5.52. The van der Waals surface area contributed by atoms with Gasteiger partial charge in [0.15, 0.2) is 11.6 Å². The first-order valence-corrected chi connectivity index (χ1v) is 9.89. The van der Waals surface area contributed by atoms with E-state index in [1.807, 2.05) is 6.92 Å². The van der Waals surface area contributed by atoms with Crippen LogP contribution in [0.25, 0.3) is 5.57 Å². The molecule has 0 unspecified atom stereocenters. The van der Waals surface area contributed by atoms with Crippen molar-refractivity contribution in [2.45, 2.75) is 6.92 Å². The van der Waals surface area contributed by atoms with Gasteiger partial charge in [-0.2, -0.15) is 0 Å². The number of nitrogens with zero attached hydrogens (tertiary/aromatic N) is 1. The summed E-state index contributed by atoms with van der Waals surface area (Å²) in [5.41, 5.74) is 1.74. The Morgan fingerprint density at radius 3 is 2.19 bits per heavy atom. The van der Waals surface area contributed by atoms with Crippen molar-refractivity contribution in [1.29, 1.82) is 0 Å². The van der Waals surface area contributed by atoms with Crippen LogP contribution in [0.5, 0.6) is 0 Å². The molecular weight excluding hydrogens is 445 g/mol. The van der Waals surface area contributed by atoms with E-state index in [1.54, 1.807) is 42.5 Å². The van der Waals surface area contributed by atoms with Crippen molar-refractivity contribution in [3.63, 3.8) is 0 Å². The first kappa shape index (κ1) is 21.0. The van der Waals surface area contributed by atoms with E-state index in [4.69, 9.17) is 23.2 Å². The summed E-state index contributed by atoms with van der Waals surface area (Å²) in [4.78, 5) is 27.3. The molecule has 0 bridgehead atoms.